The standard InChI is InChI=1S/C15H16N4O3S/c20-15(18-7-3-4-8-18)14-12-9-17-23(21,22)13-6-2-1-5-11(13)19(12)10-16-14/h1-2,5-6,10,17H,3-4,7-9H2. The van der Waals surface area contributed by atoms with Crippen LogP contribution in [0.2, 0.25) is 0 Å². The van der Waals surface area contributed by atoms with Crippen LogP contribution in [0.4, 0.5) is 0 Å². The lowest BCUT2D eigenvalue weighted by Gasteiger charge is -2.14. The van der Waals surface area contributed by atoms with E-state index >= 15 is 0 Å². The molecule has 1 amide bonds. The quantitative estimate of drug-likeness (QED) is 0.841. The number of likely N-dealkylation sites (tertiary alicyclic amines) is 1. The number of imidazole rings is 1. The van der Waals surface area contributed by atoms with Gasteiger partial charge < -0.3 is 4.90 Å². The summed E-state index contributed by atoms with van der Waals surface area (Å²) in [5.74, 6) is -0.130. The van der Waals surface area contributed by atoms with E-state index in [-0.39, 0.29) is 17.3 Å². The van der Waals surface area contributed by atoms with Crippen molar-refractivity contribution in [3.05, 3.63) is 42.0 Å². The zero-order chi connectivity index (χ0) is 16.0. The summed E-state index contributed by atoms with van der Waals surface area (Å²) in [7, 11) is -3.60. The number of benzene rings is 1. The van der Waals surface area contributed by atoms with Crippen molar-refractivity contribution in [2.45, 2.75) is 24.3 Å². The zero-order valence-electron chi connectivity index (χ0n) is 12.4. The van der Waals surface area contributed by atoms with Crippen LogP contribution in [0.5, 0.6) is 0 Å². The van der Waals surface area contributed by atoms with Gasteiger partial charge in [-0.25, -0.2) is 18.1 Å². The molecule has 0 bridgehead atoms. The summed E-state index contributed by atoms with van der Waals surface area (Å²) in [6.07, 6.45) is 3.52. The van der Waals surface area contributed by atoms with Gasteiger partial charge in [0.15, 0.2) is 5.69 Å². The molecule has 8 heteroatoms. The van der Waals surface area contributed by atoms with Crippen molar-refractivity contribution in [1.82, 2.24) is 19.2 Å². The van der Waals surface area contributed by atoms with E-state index in [0.717, 1.165) is 25.9 Å². The first-order valence-electron chi connectivity index (χ1n) is 7.52. The number of nitrogens with one attached hydrogen (secondary N) is 1. The Morgan fingerprint density at radius 2 is 1.91 bits per heavy atom. The number of rotatable bonds is 1. The molecule has 2 aliphatic rings. The maximum absolute atomic E-state index is 12.6. The van der Waals surface area contributed by atoms with Crippen LogP contribution < -0.4 is 4.72 Å². The summed E-state index contributed by atoms with van der Waals surface area (Å²) in [5.41, 5.74) is 1.42. The number of hydrogen-bond donors (Lipinski definition) is 1. The highest BCUT2D eigenvalue weighted by atomic mass is 32.2. The number of nitrogens with zero attached hydrogens (tertiary/aromatic N) is 3. The highest BCUT2D eigenvalue weighted by molar-refractivity contribution is 7.89. The predicted molar refractivity (Wildman–Crippen MR) is 82.7 cm³/mol. The first kappa shape index (κ1) is 14.4. The van der Waals surface area contributed by atoms with Gasteiger partial charge >= 0.3 is 0 Å². The van der Waals surface area contributed by atoms with Crippen LogP contribution in [-0.4, -0.2) is 41.9 Å². The molecule has 1 aromatic heterocycles. The summed E-state index contributed by atoms with van der Waals surface area (Å²) in [4.78, 5) is 18.9. The van der Waals surface area contributed by atoms with E-state index in [9.17, 15) is 13.2 Å². The van der Waals surface area contributed by atoms with Crippen LogP contribution in [0, 0.1) is 0 Å². The van der Waals surface area contributed by atoms with E-state index in [1.54, 1.807) is 33.7 Å². The Morgan fingerprint density at radius 1 is 1.17 bits per heavy atom. The molecule has 4 rings (SSSR count). The van der Waals surface area contributed by atoms with E-state index in [0.29, 0.717) is 17.1 Å². The van der Waals surface area contributed by atoms with Crippen molar-refractivity contribution in [2.24, 2.45) is 0 Å². The summed E-state index contributed by atoms with van der Waals surface area (Å²) < 4.78 is 28.9. The second-order valence-electron chi connectivity index (χ2n) is 5.70. The molecule has 1 aromatic carbocycles. The van der Waals surface area contributed by atoms with E-state index in [1.165, 1.54) is 6.33 Å². The third-order valence-electron chi connectivity index (χ3n) is 4.31. The fourth-order valence-corrected chi connectivity index (χ4v) is 4.31. The lowest BCUT2D eigenvalue weighted by molar-refractivity contribution is 0.0786. The summed E-state index contributed by atoms with van der Waals surface area (Å²) >= 11 is 0. The van der Waals surface area contributed by atoms with Crippen LogP contribution in [0.15, 0.2) is 35.5 Å². The second kappa shape index (κ2) is 5.17. The van der Waals surface area contributed by atoms with Gasteiger partial charge in [0.1, 0.15) is 11.2 Å². The average Bonchev–Trinajstić information content (AvgIpc) is 3.20. The van der Waals surface area contributed by atoms with E-state index in [2.05, 4.69) is 9.71 Å². The van der Waals surface area contributed by atoms with Crippen molar-refractivity contribution in [1.29, 1.82) is 0 Å². The Kier molecular flexibility index (Phi) is 3.24. The average molecular weight is 332 g/mol. The Balaban J connectivity index is 1.85. The molecule has 0 aliphatic carbocycles. The molecule has 1 N–H and O–H groups in total. The Hall–Kier alpha value is -2.19. The number of hydrogen-bond acceptors (Lipinski definition) is 4. The number of carbonyl (C=O) groups excluding carboxylic acids is 1. The van der Waals surface area contributed by atoms with Crippen molar-refractivity contribution in [3.63, 3.8) is 0 Å². The maximum atomic E-state index is 12.6. The fraction of sp³-hybridized carbons (Fsp3) is 0.333. The van der Waals surface area contributed by atoms with Crippen molar-refractivity contribution >= 4 is 15.9 Å². The minimum Gasteiger partial charge on any atom is -0.337 e. The molecule has 0 saturated carbocycles. The van der Waals surface area contributed by atoms with Gasteiger partial charge in [-0.05, 0) is 25.0 Å². The Bertz CT molecular complexity index is 882. The molecule has 3 heterocycles. The molecular weight excluding hydrogens is 316 g/mol. The minimum absolute atomic E-state index is 0.0475. The van der Waals surface area contributed by atoms with E-state index in [4.69, 9.17) is 0 Å². The Labute approximate surface area is 134 Å². The molecule has 2 aromatic rings. The van der Waals surface area contributed by atoms with Crippen LogP contribution in [0.3, 0.4) is 0 Å². The molecule has 0 unspecified atom stereocenters. The molecule has 23 heavy (non-hydrogen) atoms. The van der Waals surface area contributed by atoms with E-state index in [1.807, 2.05) is 0 Å². The first-order chi connectivity index (χ1) is 11.1. The molecule has 7 nitrogen and oxygen atoms in total. The predicted octanol–water partition coefficient (Wildman–Crippen LogP) is 0.900. The van der Waals surface area contributed by atoms with Crippen LogP contribution in [-0.2, 0) is 16.6 Å². The minimum atomic E-state index is -3.60. The van der Waals surface area contributed by atoms with Gasteiger partial charge in [0.05, 0.1) is 17.9 Å². The molecule has 0 spiro atoms. The smallest absolute Gasteiger partial charge is 0.274 e. The number of sulfonamides is 1. The number of carbonyl (C=O) groups is 1. The maximum Gasteiger partial charge on any atom is 0.274 e. The SMILES string of the molecule is O=C(c1ncn2c1CNS(=O)(=O)c1ccccc1-2)N1CCCC1. The summed E-state index contributed by atoms with van der Waals surface area (Å²) in [6.45, 7) is 1.51. The van der Waals surface area contributed by atoms with Crippen molar-refractivity contribution in [2.75, 3.05) is 13.1 Å². The lowest BCUT2D eigenvalue weighted by atomic mass is 10.2. The zero-order valence-corrected chi connectivity index (χ0v) is 13.2. The third kappa shape index (κ3) is 2.25. The molecule has 0 atom stereocenters. The van der Waals surface area contributed by atoms with Crippen LogP contribution in [0.1, 0.15) is 29.0 Å². The van der Waals surface area contributed by atoms with Gasteiger partial charge in [-0.15, -0.1) is 0 Å². The van der Waals surface area contributed by atoms with Crippen LogP contribution >= 0.6 is 0 Å². The van der Waals surface area contributed by atoms with Gasteiger partial charge in [0.25, 0.3) is 5.91 Å². The van der Waals surface area contributed by atoms with E-state index < -0.39 is 10.0 Å². The number of para-hydroxylation sites is 1. The molecule has 1 saturated heterocycles. The second-order valence-corrected chi connectivity index (χ2v) is 7.44. The lowest BCUT2D eigenvalue weighted by Crippen LogP contribution is -2.30. The first-order valence-corrected chi connectivity index (χ1v) is 9.01. The largest absolute Gasteiger partial charge is 0.337 e. The fourth-order valence-electron chi connectivity index (χ4n) is 3.12. The van der Waals surface area contributed by atoms with Gasteiger partial charge in [-0.1, -0.05) is 12.1 Å². The normalized spacial score (nSPS) is 19.0. The summed E-state index contributed by atoms with van der Waals surface area (Å²) in [5, 5.41) is 0. The van der Waals surface area contributed by atoms with Gasteiger partial charge in [0, 0.05) is 13.1 Å². The monoisotopic (exact) mass is 332 g/mol. The highest BCUT2D eigenvalue weighted by Crippen LogP contribution is 2.27. The van der Waals surface area contributed by atoms with Crippen molar-refractivity contribution < 1.29 is 13.2 Å². The highest BCUT2D eigenvalue weighted by Gasteiger charge is 2.30. The molecule has 0 radical (unpaired) electrons. The molecular formula is C15H16N4O3S. The molecule has 120 valence electrons. The van der Waals surface area contributed by atoms with Gasteiger partial charge in [0.2, 0.25) is 10.0 Å². The van der Waals surface area contributed by atoms with Crippen LogP contribution in [0.25, 0.3) is 5.69 Å². The van der Waals surface area contributed by atoms with Gasteiger partial charge in [-0.3, -0.25) is 9.36 Å². The van der Waals surface area contributed by atoms with Gasteiger partial charge in [-0.2, -0.15) is 0 Å². The molecule has 2 aliphatic heterocycles. The number of aromatic nitrogens is 2. The summed E-state index contributed by atoms with van der Waals surface area (Å²) in [6, 6.07) is 6.71. The third-order valence-corrected chi connectivity index (χ3v) is 5.75. The molecule has 1 fully saturated rings. The number of fused-ring (bicyclic) bond motifs is 3. The topological polar surface area (TPSA) is 84.3 Å². The van der Waals surface area contributed by atoms with Crippen molar-refractivity contribution in [3.8, 4) is 5.69 Å². The number of amides is 1. The Morgan fingerprint density at radius 3 is 2.70 bits per heavy atom.